The van der Waals surface area contributed by atoms with E-state index in [1.165, 1.54) is 0 Å². The lowest BCUT2D eigenvalue weighted by atomic mass is 9.79. The third-order valence-corrected chi connectivity index (χ3v) is 13.4. The summed E-state index contributed by atoms with van der Waals surface area (Å²) in [6.07, 6.45) is 2.61. The minimum absolute atomic E-state index is 0.0776. The zero-order valence-electron chi connectivity index (χ0n) is 32.1. The molecule has 49 heavy (non-hydrogen) atoms. The fraction of sp³-hybridized carbons (Fsp3) is 0.650. The first kappa shape index (κ1) is 42.1. The number of carbonyl (C=O) groups is 2. The number of phenolic OH excluding ortho intramolecular Hbond substituents is 2. The highest BCUT2D eigenvalue weighted by atomic mass is 32.2. The van der Waals surface area contributed by atoms with Crippen molar-refractivity contribution in [1.82, 2.24) is 0 Å². The van der Waals surface area contributed by atoms with Gasteiger partial charge in [0.25, 0.3) is 0 Å². The van der Waals surface area contributed by atoms with Crippen LogP contribution in [0.4, 0.5) is 0 Å². The molecule has 8 nitrogen and oxygen atoms in total. The molecule has 0 saturated carbocycles. The first-order valence-corrected chi connectivity index (χ1v) is 19.5. The molecule has 2 atom stereocenters. The largest absolute Gasteiger partial charge is 0.507 e. The molecule has 0 aliphatic rings. The number of phenols is 2. The number of carbonyl (C=O) groups excluding carboxylic acids is 2. The van der Waals surface area contributed by atoms with Gasteiger partial charge in [-0.25, -0.2) is 8.42 Å². The van der Waals surface area contributed by atoms with Crippen LogP contribution in [0.25, 0.3) is 0 Å². The Labute approximate surface area is 295 Å². The van der Waals surface area contributed by atoms with Gasteiger partial charge >= 0.3 is 11.9 Å². The lowest BCUT2D eigenvalue weighted by Crippen LogP contribution is -2.36. The second-order valence-corrected chi connectivity index (χ2v) is 17.5. The monoisotopic (exact) mass is 702 g/mol. The first-order chi connectivity index (χ1) is 22.7. The number of aromatic hydroxyl groups is 2. The lowest BCUT2D eigenvalue weighted by molar-refractivity contribution is -0.145. The van der Waals surface area contributed by atoms with Gasteiger partial charge in [-0.3, -0.25) is 9.59 Å². The Balaban J connectivity index is 2.20. The number of benzene rings is 2. The molecule has 2 rings (SSSR count). The smallest absolute Gasteiger partial charge is 0.307 e. The molecule has 0 aliphatic carbocycles. The van der Waals surface area contributed by atoms with Crippen molar-refractivity contribution < 1.29 is 37.7 Å². The van der Waals surface area contributed by atoms with E-state index in [0.717, 1.165) is 35.1 Å². The highest BCUT2D eigenvalue weighted by Crippen LogP contribution is 2.40. The van der Waals surface area contributed by atoms with E-state index in [1.54, 1.807) is 13.8 Å². The Hall–Kier alpha value is -3.07. The van der Waals surface area contributed by atoms with Crippen molar-refractivity contribution in [2.24, 2.45) is 0 Å². The maximum absolute atomic E-state index is 14.0. The van der Waals surface area contributed by atoms with Crippen LogP contribution in [0.3, 0.4) is 0 Å². The maximum atomic E-state index is 14.0. The molecule has 9 heteroatoms. The Morgan fingerprint density at radius 3 is 1.29 bits per heavy atom. The molecule has 0 radical (unpaired) electrons. The fourth-order valence-electron chi connectivity index (χ4n) is 6.36. The molecule has 276 valence electrons. The number of ether oxygens (including phenoxy) is 2. The number of hydrogen-bond acceptors (Lipinski definition) is 8. The van der Waals surface area contributed by atoms with Crippen molar-refractivity contribution in [3.8, 4) is 11.5 Å². The summed E-state index contributed by atoms with van der Waals surface area (Å²) in [6.45, 7) is 23.4. The predicted octanol–water partition coefficient (Wildman–Crippen LogP) is 9.03. The number of sulfone groups is 1. The van der Waals surface area contributed by atoms with Gasteiger partial charge in [0.2, 0.25) is 0 Å². The van der Waals surface area contributed by atoms with Gasteiger partial charge in [0.05, 0.1) is 23.3 Å². The normalized spacial score (nSPS) is 13.6. The SMILES string of the molecule is CCCC(CC(=O)OCc1c(C)cc(C(C)(C)CC)c(O)c1C)S(=O)(=O)C(CCC)CC(=O)OCc1c(C)cc(C(C)(C)CC)c(O)c1C. The molecular formula is C40H62O8S. The molecule has 0 amide bonds. The Morgan fingerprint density at radius 2 is 1.00 bits per heavy atom. The minimum Gasteiger partial charge on any atom is -0.507 e. The summed E-state index contributed by atoms with van der Waals surface area (Å²) in [5.74, 6) is -0.916. The van der Waals surface area contributed by atoms with Crippen LogP contribution in [0.1, 0.15) is 151 Å². The van der Waals surface area contributed by atoms with E-state index in [4.69, 9.17) is 9.47 Å². The first-order valence-electron chi connectivity index (χ1n) is 17.9. The number of rotatable bonds is 18. The summed E-state index contributed by atoms with van der Waals surface area (Å²) < 4.78 is 39.2. The standard InChI is InChI=1S/C40H62O8S/c1-13-17-29(21-35(41)47-23-31-25(5)19-33(37(43)27(31)7)39(9,10)15-3)49(45,46)30(18-14-2)22-36(42)48-24-32-26(6)20-34(38(44)28(32)8)40(11,12)16-4/h19-20,29-30,43-44H,13-18,21-24H2,1-12H3. The third kappa shape index (κ3) is 10.0. The zero-order chi connectivity index (χ0) is 37.5. The average Bonchev–Trinajstić information content (AvgIpc) is 3.03. The quantitative estimate of drug-likeness (QED) is 0.147. The van der Waals surface area contributed by atoms with Gasteiger partial charge in [-0.1, -0.05) is 80.4 Å². The Bertz CT molecular complexity index is 1470. The van der Waals surface area contributed by atoms with Crippen molar-refractivity contribution in [1.29, 1.82) is 0 Å². The van der Waals surface area contributed by atoms with Crippen molar-refractivity contribution in [2.45, 2.75) is 169 Å². The van der Waals surface area contributed by atoms with Gasteiger partial charge in [0.1, 0.15) is 24.7 Å². The van der Waals surface area contributed by atoms with Crippen LogP contribution in [0.5, 0.6) is 11.5 Å². The summed E-state index contributed by atoms with van der Waals surface area (Å²) >= 11 is 0. The molecular weight excluding hydrogens is 640 g/mol. The van der Waals surface area contributed by atoms with Crippen LogP contribution in [-0.2, 0) is 52.9 Å². The van der Waals surface area contributed by atoms with Crippen molar-refractivity contribution in [2.75, 3.05) is 0 Å². The van der Waals surface area contributed by atoms with Gasteiger partial charge in [-0.2, -0.15) is 0 Å². The second kappa shape index (κ2) is 17.2. The molecule has 2 aromatic rings. The van der Waals surface area contributed by atoms with Crippen LogP contribution in [0.2, 0.25) is 0 Å². The third-order valence-electron chi connectivity index (χ3n) is 10.7. The zero-order valence-corrected chi connectivity index (χ0v) is 32.9. The summed E-state index contributed by atoms with van der Waals surface area (Å²) in [5, 5.41) is 19.9. The van der Waals surface area contributed by atoms with E-state index in [9.17, 15) is 28.2 Å². The van der Waals surface area contributed by atoms with Crippen molar-refractivity contribution in [3.63, 3.8) is 0 Å². The fourth-order valence-corrected chi connectivity index (χ4v) is 8.77. The van der Waals surface area contributed by atoms with E-state index in [1.807, 2.05) is 39.8 Å². The molecule has 0 aliphatic heterocycles. The molecule has 0 aromatic heterocycles. The molecule has 0 heterocycles. The number of aryl methyl sites for hydroxylation is 2. The van der Waals surface area contributed by atoms with Crippen LogP contribution in [0, 0.1) is 27.7 Å². The molecule has 0 saturated heterocycles. The highest BCUT2D eigenvalue weighted by Gasteiger charge is 2.37. The topological polar surface area (TPSA) is 127 Å². The Kier molecular flexibility index (Phi) is 14.8. The molecule has 2 aromatic carbocycles. The summed E-state index contributed by atoms with van der Waals surface area (Å²) in [5.41, 5.74) is 5.69. The minimum atomic E-state index is -3.92. The highest BCUT2D eigenvalue weighted by molar-refractivity contribution is 7.92. The molecule has 2 N–H and O–H groups in total. The average molecular weight is 703 g/mol. The lowest BCUT2D eigenvalue weighted by Gasteiger charge is -2.27. The molecule has 0 bridgehead atoms. The van der Waals surface area contributed by atoms with E-state index < -0.39 is 32.3 Å². The van der Waals surface area contributed by atoms with Gasteiger partial charge < -0.3 is 19.7 Å². The molecule has 2 unspecified atom stereocenters. The molecule has 0 fully saturated rings. The van der Waals surface area contributed by atoms with Crippen LogP contribution in [-0.4, -0.2) is 41.1 Å². The van der Waals surface area contributed by atoms with Gasteiger partial charge in [-0.15, -0.1) is 0 Å². The van der Waals surface area contributed by atoms with Gasteiger partial charge in [0.15, 0.2) is 9.84 Å². The summed E-state index contributed by atoms with van der Waals surface area (Å²) in [4.78, 5) is 26.3. The number of hydrogen-bond donors (Lipinski definition) is 2. The van der Waals surface area contributed by atoms with E-state index in [-0.39, 0.29) is 61.2 Å². The van der Waals surface area contributed by atoms with E-state index in [2.05, 4.69) is 41.5 Å². The summed E-state index contributed by atoms with van der Waals surface area (Å²) in [7, 11) is -3.92. The van der Waals surface area contributed by atoms with E-state index >= 15 is 0 Å². The predicted molar refractivity (Wildman–Crippen MR) is 197 cm³/mol. The van der Waals surface area contributed by atoms with Crippen molar-refractivity contribution in [3.05, 3.63) is 56.6 Å². The van der Waals surface area contributed by atoms with Crippen LogP contribution >= 0.6 is 0 Å². The van der Waals surface area contributed by atoms with E-state index in [0.29, 0.717) is 35.1 Å². The molecule has 0 spiro atoms. The summed E-state index contributed by atoms with van der Waals surface area (Å²) in [6, 6.07) is 3.86. The van der Waals surface area contributed by atoms with Crippen LogP contribution < -0.4 is 0 Å². The maximum Gasteiger partial charge on any atom is 0.307 e. The Morgan fingerprint density at radius 1 is 0.673 bits per heavy atom. The second-order valence-electron chi connectivity index (χ2n) is 15.0. The number of esters is 2. The van der Waals surface area contributed by atoms with Crippen LogP contribution in [0.15, 0.2) is 12.1 Å². The van der Waals surface area contributed by atoms with Gasteiger partial charge in [0, 0.05) is 11.1 Å². The van der Waals surface area contributed by atoms with Crippen molar-refractivity contribution >= 4 is 21.8 Å². The van der Waals surface area contributed by atoms with Gasteiger partial charge in [-0.05, 0) is 97.6 Å².